The van der Waals surface area contributed by atoms with Crippen LogP contribution in [0.25, 0.3) is 0 Å². The summed E-state index contributed by atoms with van der Waals surface area (Å²) in [6.45, 7) is 1.81. The van der Waals surface area contributed by atoms with E-state index in [1.54, 1.807) is 6.07 Å². The smallest absolute Gasteiger partial charge is 0.338 e. The minimum Gasteiger partial charge on any atom is -0.478 e. The van der Waals surface area contributed by atoms with Gasteiger partial charge in [0.1, 0.15) is 7.11 Å². The molecule has 0 aliphatic heterocycles. The first-order valence-electron chi connectivity index (χ1n) is 10.0. The Morgan fingerprint density at radius 2 is 1.82 bits per heavy atom. The number of oxime groups is 1. The number of ether oxygens (including phenoxy) is 1. The number of allylic oxidation sites excluding steroid dienone is 1. The van der Waals surface area contributed by atoms with Crippen LogP contribution < -0.4 is 0 Å². The van der Waals surface area contributed by atoms with Crippen molar-refractivity contribution in [2.45, 2.75) is 50.2 Å². The summed E-state index contributed by atoms with van der Waals surface area (Å²) in [6.07, 6.45) is -0.878. The van der Waals surface area contributed by atoms with Crippen molar-refractivity contribution in [1.82, 2.24) is 0 Å². The standard InChI is InChI=1S/C21H25F2NO8S/c1-4-5-9-12-20(32-33(3,28)29)15(17(25)26)13-16(24-30-2)21(22,23)19(20)31-18(27)14-10-7-6-8-11-14/h6-8,10-11,13,19H,4-5,9,12H2,1-3H3,(H,25,26)/b24-16+/t19-,20-/m1/s1. The molecule has 1 aromatic carbocycles. The molecule has 33 heavy (non-hydrogen) atoms. The first kappa shape index (κ1) is 26.4. The maximum atomic E-state index is 15.6. The molecule has 2 atom stereocenters. The Bertz CT molecular complexity index is 1040. The lowest BCUT2D eigenvalue weighted by Gasteiger charge is -2.44. The number of carboxylic acid groups (broad SMARTS) is 1. The van der Waals surface area contributed by atoms with Crippen LogP contribution in [0.5, 0.6) is 0 Å². The average molecular weight is 489 g/mol. The first-order chi connectivity index (χ1) is 15.4. The summed E-state index contributed by atoms with van der Waals surface area (Å²) >= 11 is 0. The lowest BCUT2D eigenvalue weighted by atomic mass is 9.74. The number of esters is 1. The van der Waals surface area contributed by atoms with Gasteiger partial charge in [0.25, 0.3) is 10.1 Å². The van der Waals surface area contributed by atoms with E-state index in [-0.39, 0.29) is 12.0 Å². The van der Waals surface area contributed by atoms with E-state index in [4.69, 9.17) is 8.92 Å². The monoisotopic (exact) mass is 489 g/mol. The fourth-order valence-electron chi connectivity index (χ4n) is 3.57. The first-order valence-corrected chi connectivity index (χ1v) is 11.8. The number of carbonyl (C=O) groups is 2. The van der Waals surface area contributed by atoms with Crippen LogP contribution in [0.15, 0.2) is 47.1 Å². The van der Waals surface area contributed by atoms with E-state index in [0.717, 1.165) is 7.11 Å². The van der Waals surface area contributed by atoms with Gasteiger partial charge in [0, 0.05) is 0 Å². The molecule has 1 N–H and O–H groups in total. The molecule has 0 saturated carbocycles. The molecule has 12 heteroatoms. The van der Waals surface area contributed by atoms with Crippen LogP contribution >= 0.6 is 0 Å². The van der Waals surface area contributed by atoms with Crippen molar-refractivity contribution in [3.63, 3.8) is 0 Å². The lowest BCUT2D eigenvalue weighted by molar-refractivity contribution is -0.157. The predicted octanol–water partition coefficient (Wildman–Crippen LogP) is 3.17. The molecule has 0 unspecified atom stereocenters. The van der Waals surface area contributed by atoms with Crippen molar-refractivity contribution in [2.24, 2.45) is 5.16 Å². The van der Waals surface area contributed by atoms with Crippen LogP contribution in [0, 0.1) is 0 Å². The Balaban J connectivity index is 2.78. The largest absolute Gasteiger partial charge is 0.478 e. The van der Waals surface area contributed by atoms with Gasteiger partial charge in [-0.3, -0.25) is 4.18 Å². The highest BCUT2D eigenvalue weighted by atomic mass is 32.2. The number of carboxylic acids is 1. The summed E-state index contributed by atoms with van der Waals surface area (Å²) < 4.78 is 65.7. The van der Waals surface area contributed by atoms with Crippen molar-refractivity contribution in [3.05, 3.63) is 47.5 Å². The molecule has 1 aromatic rings. The number of rotatable bonds is 10. The molecule has 0 radical (unpaired) electrons. The third-order valence-electron chi connectivity index (χ3n) is 4.94. The third kappa shape index (κ3) is 5.93. The van der Waals surface area contributed by atoms with Gasteiger partial charge >= 0.3 is 17.9 Å². The summed E-state index contributed by atoms with van der Waals surface area (Å²) in [5, 5.41) is 13.0. The van der Waals surface area contributed by atoms with Gasteiger partial charge in [-0.1, -0.05) is 49.5 Å². The normalized spacial score (nSPS) is 23.6. The summed E-state index contributed by atoms with van der Waals surface area (Å²) in [5.41, 5.74) is -4.82. The van der Waals surface area contributed by atoms with Gasteiger partial charge in [-0.2, -0.15) is 17.2 Å². The van der Waals surface area contributed by atoms with Gasteiger partial charge in [0.15, 0.2) is 11.3 Å². The molecular formula is C21H25F2NO8S. The topological polar surface area (TPSA) is 129 Å². The van der Waals surface area contributed by atoms with Gasteiger partial charge < -0.3 is 14.7 Å². The van der Waals surface area contributed by atoms with E-state index in [1.807, 2.05) is 6.92 Å². The zero-order valence-electron chi connectivity index (χ0n) is 18.3. The third-order valence-corrected chi connectivity index (χ3v) is 5.54. The molecule has 0 heterocycles. The number of nitrogens with zero attached hydrogens (tertiary/aromatic N) is 1. The summed E-state index contributed by atoms with van der Waals surface area (Å²) in [5.74, 6) is -7.12. The predicted molar refractivity (Wildman–Crippen MR) is 114 cm³/mol. The molecule has 0 amide bonds. The number of hydrogen-bond donors (Lipinski definition) is 1. The van der Waals surface area contributed by atoms with Gasteiger partial charge in [-0.25, -0.2) is 9.59 Å². The van der Waals surface area contributed by atoms with E-state index in [0.29, 0.717) is 25.2 Å². The zero-order valence-corrected chi connectivity index (χ0v) is 19.1. The van der Waals surface area contributed by atoms with Crippen LogP contribution in [0.3, 0.4) is 0 Å². The van der Waals surface area contributed by atoms with E-state index in [2.05, 4.69) is 9.99 Å². The number of benzene rings is 1. The second-order valence-corrected chi connectivity index (χ2v) is 9.01. The molecule has 1 aliphatic carbocycles. The molecule has 1 aliphatic rings. The van der Waals surface area contributed by atoms with Crippen LogP contribution in [-0.4, -0.2) is 62.2 Å². The van der Waals surface area contributed by atoms with Crippen molar-refractivity contribution >= 4 is 27.8 Å². The lowest BCUT2D eigenvalue weighted by Crippen LogP contribution is -2.64. The van der Waals surface area contributed by atoms with E-state index >= 15 is 8.78 Å². The van der Waals surface area contributed by atoms with Crippen molar-refractivity contribution in [1.29, 1.82) is 0 Å². The second kappa shape index (κ2) is 10.4. The molecule has 2 rings (SSSR count). The molecule has 0 spiro atoms. The van der Waals surface area contributed by atoms with Crippen molar-refractivity contribution < 1.29 is 45.7 Å². The summed E-state index contributed by atoms with van der Waals surface area (Å²) in [4.78, 5) is 29.3. The van der Waals surface area contributed by atoms with E-state index in [1.165, 1.54) is 24.3 Å². The van der Waals surface area contributed by atoms with Gasteiger partial charge in [0.2, 0.25) is 6.10 Å². The Hall–Kier alpha value is -2.86. The maximum absolute atomic E-state index is 15.6. The number of aliphatic carboxylic acids is 1. The zero-order chi connectivity index (χ0) is 24.9. The highest BCUT2D eigenvalue weighted by Gasteiger charge is 2.66. The molecule has 182 valence electrons. The Morgan fingerprint density at radius 3 is 2.33 bits per heavy atom. The molecule has 9 nitrogen and oxygen atoms in total. The number of unbranched alkanes of at least 4 members (excludes halogenated alkanes) is 2. The molecule has 0 fully saturated rings. The SMILES string of the molecule is CCCCC[C@@]1(OS(C)(=O)=O)C(C(=O)O)=C/C(=N\OC)C(F)(F)[C@@H]1OC(=O)c1ccccc1. The second-order valence-electron chi connectivity index (χ2n) is 7.43. The number of halogens is 2. The minimum absolute atomic E-state index is 0.105. The maximum Gasteiger partial charge on any atom is 0.338 e. The van der Waals surface area contributed by atoms with Crippen molar-refractivity contribution in [3.8, 4) is 0 Å². The van der Waals surface area contributed by atoms with Crippen LogP contribution in [0.4, 0.5) is 8.78 Å². The highest BCUT2D eigenvalue weighted by molar-refractivity contribution is 7.86. The Kier molecular flexibility index (Phi) is 8.30. The molecule has 0 bridgehead atoms. The van der Waals surface area contributed by atoms with Gasteiger partial charge in [0.05, 0.1) is 17.4 Å². The van der Waals surface area contributed by atoms with E-state index in [9.17, 15) is 23.1 Å². The fraction of sp³-hybridized carbons (Fsp3) is 0.476. The quantitative estimate of drug-likeness (QED) is 0.230. The number of hydrogen-bond acceptors (Lipinski definition) is 8. The van der Waals surface area contributed by atoms with Crippen molar-refractivity contribution in [2.75, 3.05) is 13.4 Å². The number of alkyl halides is 2. The Morgan fingerprint density at radius 1 is 1.18 bits per heavy atom. The minimum atomic E-state index is -4.50. The van der Waals surface area contributed by atoms with Crippen LogP contribution in [0.1, 0.15) is 43.0 Å². The molecule has 0 aromatic heterocycles. The summed E-state index contributed by atoms with van der Waals surface area (Å²) in [7, 11) is -3.53. The Labute approximate surface area is 190 Å². The van der Waals surface area contributed by atoms with Gasteiger partial charge in [-0.05, 0) is 24.6 Å². The average Bonchev–Trinajstić information content (AvgIpc) is 2.72. The fourth-order valence-corrected chi connectivity index (χ4v) is 4.37. The van der Waals surface area contributed by atoms with Crippen LogP contribution in [-0.2, 0) is 28.7 Å². The highest BCUT2D eigenvalue weighted by Crippen LogP contribution is 2.46. The van der Waals surface area contributed by atoms with Gasteiger partial charge in [-0.15, -0.1) is 0 Å². The van der Waals surface area contributed by atoms with E-state index < -0.39 is 57.4 Å². The van der Waals surface area contributed by atoms with Crippen LogP contribution in [0.2, 0.25) is 0 Å². The molecule has 0 saturated heterocycles. The molecular weight excluding hydrogens is 464 g/mol. The number of carbonyl (C=O) groups excluding carboxylic acids is 1. The summed E-state index contributed by atoms with van der Waals surface area (Å²) in [6, 6.07) is 7.13.